The van der Waals surface area contributed by atoms with Gasteiger partial charge < -0.3 is 9.64 Å². The van der Waals surface area contributed by atoms with Crippen LogP contribution in [0.1, 0.15) is 44.6 Å². The van der Waals surface area contributed by atoms with Gasteiger partial charge in [0.2, 0.25) is 5.91 Å². The highest BCUT2D eigenvalue weighted by atomic mass is 19.1. The zero-order valence-electron chi connectivity index (χ0n) is 12.8. The molecule has 1 aliphatic rings. The van der Waals surface area contributed by atoms with Crippen LogP contribution in [0.5, 0.6) is 0 Å². The van der Waals surface area contributed by atoms with E-state index in [1.165, 1.54) is 12.1 Å². The lowest BCUT2D eigenvalue weighted by Crippen LogP contribution is -2.47. The maximum atomic E-state index is 13.1. The van der Waals surface area contributed by atoms with Gasteiger partial charge in [0.15, 0.2) is 0 Å². The van der Waals surface area contributed by atoms with E-state index in [4.69, 9.17) is 4.74 Å². The van der Waals surface area contributed by atoms with Gasteiger partial charge in [0.1, 0.15) is 5.82 Å². The summed E-state index contributed by atoms with van der Waals surface area (Å²) in [7, 11) is 0. The molecule has 0 saturated carbocycles. The fraction of sp³-hybridized carbons (Fsp3) is 0.588. The highest BCUT2D eigenvalue weighted by molar-refractivity contribution is 5.77. The first-order valence-corrected chi connectivity index (χ1v) is 7.74. The van der Waals surface area contributed by atoms with Crippen molar-refractivity contribution in [1.29, 1.82) is 0 Å². The molecular weight excluding hydrogens is 269 g/mol. The lowest BCUT2D eigenvalue weighted by molar-refractivity contribution is -0.139. The minimum Gasteiger partial charge on any atom is -0.377 e. The lowest BCUT2D eigenvalue weighted by Gasteiger charge is -2.34. The van der Waals surface area contributed by atoms with Gasteiger partial charge >= 0.3 is 0 Å². The van der Waals surface area contributed by atoms with Crippen LogP contribution in [0.3, 0.4) is 0 Å². The van der Waals surface area contributed by atoms with Gasteiger partial charge in [-0.15, -0.1) is 0 Å². The first-order chi connectivity index (χ1) is 10.1. The maximum Gasteiger partial charge on any atom is 0.223 e. The maximum absolute atomic E-state index is 13.1. The molecule has 0 bridgehead atoms. The molecule has 3 nitrogen and oxygen atoms in total. The van der Waals surface area contributed by atoms with E-state index in [1.807, 2.05) is 11.8 Å². The standard InChI is InChI=1S/C17H24FNO2/c1-3-4-15(14-5-7-16(18)8-6-14)11-17(20)19-9-10-21-12-13(19)2/h5-8,13,15H,3-4,9-12H2,1-2H3. The van der Waals surface area contributed by atoms with Crippen LogP contribution in [0.2, 0.25) is 0 Å². The summed E-state index contributed by atoms with van der Waals surface area (Å²) < 4.78 is 18.4. The smallest absolute Gasteiger partial charge is 0.223 e. The van der Waals surface area contributed by atoms with Crippen LogP contribution in [0.25, 0.3) is 0 Å². The molecule has 1 aliphatic heterocycles. The minimum atomic E-state index is -0.234. The van der Waals surface area contributed by atoms with Crippen LogP contribution in [0, 0.1) is 5.82 Å². The molecule has 0 spiro atoms. The predicted octanol–water partition coefficient (Wildman–Crippen LogP) is 3.35. The van der Waals surface area contributed by atoms with E-state index in [-0.39, 0.29) is 23.7 Å². The Morgan fingerprint density at radius 1 is 1.43 bits per heavy atom. The van der Waals surface area contributed by atoms with Gasteiger partial charge in [0, 0.05) is 13.0 Å². The fourth-order valence-electron chi connectivity index (χ4n) is 2.90. The largest absolute Gasteiger partial charge is 0.377 e. The number of benzene rings is 1. The van der Waals surface area contributed by atoms with Crippen molar-refractivity contribution < 1.29 is 13.9 Å². The number of morpholine rings is 1. The summed E-state index contributed by atoms with van der Waals surface area (Å²) in [5.74, 6) is 0.105. The summed E-state index contributed by atoms with van der Waals surface area (Å²) in [5.41, 5.74) is 1.05. The SMILES string of the molecule is CCCC(CC(=O)N1CCOCC1C)c1ccc(F)cc1. The van der Waals surface area contributed by atoms with Crippen LogP contribution >= 0.6 is 0 Å². The van der Waals surface area contributed by atoms with Crippen LogP contribution in [0.15, 0.2) is 24.3 Å². The van der Waals surface area contributed by atoms with Crippen LogP contribution in [-0.2, 0) is 9.53 Å². The van der Waals surface area contributed by atoms with Crippen LogP contribution in [0.4, 0.5) is 4.39 Å². The number of hydrogen-bond donors (Lipinski definition) is 0. The summed E-state index contributed by atoms with van der Waals surface area (Å²) in [5, 5.41) is 0. The summed E-state index contributed by atoms with van der Waals surface area (Å²) >= 11 is 0. The second-order valence-electron chi connectivity index (χ2n) is 5.75. The second-order valence-corrected chi connectivity index (χ2v) is 5.75. The van der Waals surface area contributed by atoms with Crippen molar-refractivity contribution in [1.82, 2.24) is 4.90 Å². The Bertz CT molecular complexity index is 460. The van der Waals surface area contributed by atoms with Crippen LogP contribution in [-0.4, -0.2) is 36.6 Å². The number of nitrogens with zero attached hydrogens (tertiary/aromatic N) is 1. The molecule has 1 fully saturated rings. The molecular formula is C17H24FNO2. The summed E-state index contributed by atoms with van der Waals surface area (Å²) in [6.45, 7) is 6.02. The molecule has 1 saturated heterocycles. The van der Waals surface area contributed by atoms with E-state index in [1.54, 1.807) is 12.1 Å². The normalized spacial score (nSPS) is 20.3. The highest BCUT2D eigenvalue weighted by Gasteiger charge is 2.26. The second kappa shape index (κ2) is 7.55. The third kappa shape index (κ3) is 4.27. The van der Waals surface area contributed by atoms with Gasteiger partial charge in [-0.05, 0) is 37.0 Å². The van der Waals surface area contributed by atoms with E-state index in [0.717, 1.165) is 18.4 Å². The van der Waals surface area contributed by atoms with Crippen molar-refractivity contribution in [3.63, 3.8) is 0 Å². The molecule has 0 aromatic heterocycles. The number of ether oxygens (including phenoxy) is 1. The molecule has 0 N–H and O–H groups in total. The Kier molecular flexibility index (Phi) is 5.74. The van der Waals surface area contributed by atoms with Gasteiger partial charge in [-0.3, -0.25) is 4.79 Å². The number of carbonyl (C=O) groups excluding carboxylic acids is 1. The van der Waals surface area contributed by atoms with Gasteiger partial charge in [0.05, 0.1) is 19.3 Å². The van der Waals surface area contributed by atoms with E-state index < -0.39 is 0 Å². The van der Waals surface area contributed by atoms with Gasteiger partial charge in [-0.1, -0.05) is 25.5 Å². The molecule has 1 heterocycles. The zero-order valence-corrected chi connectivity index (χ0v) is 12.8. The molecule has 116 valence electrons. The molecule has 1 aromatic carbocycles. The van der Waals surface area contributed by atoms with E-state index in [0.29, 0.717) is 26.2 Å². The first kappa shape index (κ1) is 16.0. The Hall–Kier alpha value is -1.42. The topological polar surface area (TPSA) is 29.5 Å². The Morgan fingerprint density at radius 2 is 2.14 bits per heavy atom. The molecule has 1 amide bonds. The van der Waals surface area contributed by atoms with Crippen LogP contribution < -0.4 is 0 Å². The molecule has 21 heavy (non-hydrogen) atoms. The minimum absolute atomic E-state index is 0.141. The Morgan fingerprint density at radius 3 is 2.76 bits per heavy atom. The Balaban J connectivity index is 2.04. The van der Waals surface area contributed by atoms with Crippen molar-refractivity contribution >= 4 is 5.91 Å². The summed E-state index contributed by atoms with van der Waals surface area (Å²) in [6, 6.07) is 6.68. The number of halogens is 1. The molecule has 1 aromatic rings. The zero-order chi connectivity index (χ0) is 15.2. The van der Waals surface area contributed by atoms with E-state index in [2.05, 4.69) is 6.92 Å². The number of amides is 1. The predicted molar refractivity (Wildman–Crippen MR) is 80.7 cm³/mol. The molecule has 0 aliphatic carbocycles. The number of carbonyl (C=O) groups is 1. The fourth-order valence-corrected chi connectivity index (χ4v) is 2.90. The number of rotatable bonds is 5. The quantitative estimate of drug-likeness (QED) is 0.833. The third-order valence-electron chi connectivity index (χ3n) is 4.09. The average molecular weight is 293 g/mol. The average Bonchev–Trinajstić information content (AvgIpc) is 2.48. The monoisotopic (exact) mass is 293 g/mol. The Labute approximate surface area is 126 Å². The van der Waals surface area contributed by atoms with Gasteiger partial charge in [0.25, 0.3) is 0 Å². The number of hydrogen-bond acceptors (Lipinski definition) is 2. The van der Waals surface area contributed by atoms with E-state index in [9.17, 15) is 9.18 Å². The molecule has 2 rings (SSSR count). The van der Waals surface area contributed by atoms with Gasteiger partial charge in [-0.2, -0.15) is 0 Å². The first-order valence-electron chi connectivity index (χ1n) is 7.74. The summed E-state index contributed by atoms with van der Waals surface area (Å²) in [6.07, 6.45) is 2.44. The highest BCUT2D eigenvalue weighted by Crippen LogP contribution is 2.26. The van der Waals surface area contributed by atoms with Crippen molar-refractivity contribution in [3.8, 4) is 0 Å². The molecule has 4 heteroatoms. The van der Waals surface area contributed by atoms with Gasteiger partial charge in [-0.25, -0.2) is 4.39 Å². The molecule has 2 atom stereocenters. The van der Waals surface area contributed by atoms with E-state index >= 15 is 0 Å². The third-order valence-corrected chi connectivity index (χ3v) is 4.09. The van der Waals surface area contributed by atoms with Crippen molar-refractivity contribution in [2.24, 2.45) is 0 Å². The van der Waals surface area contributed by atoms with Crippen molar-refractivity contribution in [2.45, 2.75) is 45.1 Å². The lowest BCUT2D eigenvalue weighted by atomic mass is 9.90. The van der Waals surface area contributed by atoms with Crippen molar-refractivity contribution in [3.05, 3.63) is 35.6 Å². The van der Waals surface area contributed by atoms with Crippen molar-refractivity contribution in [2.75, 3.05) is 19.8 Å². The molecule has 0 radical (unpaired) electrons. The summed E-state index contributed by atoms with van der Waals surface area (Å²) in [4.78, 5) is 14.4. The molecule has 2 unspecified atom stereocenters.